The van der Waals surface area contributed by atoms with Gasteiger partial charge in [0.25, 0.3) is 0 Å². The minimum atomic E-state index is 0.441. The molecule has 2 N–H and O–H groups in total. The topological polar surface area (TPSA) is 41.5 Å². The second kappa shape index (κ2) is 4.64. The van der Waals surface area contributed by atoms with Gasteiger partial charge in [-0.15, -0.1) is 0 Å². The highest BCUT2D eigenvalue weighted by molar-refractivity contribution is 5.47. The zero-order valence-electron chi connectivity index (χ0n) is 9.05. The van der Waals surface area contributed by atoms with Gasteiger partial charge in [0.2, 0.25) is 0 Å². The molecule has 0 radical (unpaired) electrons. The Morgan fingerprint density at radius 3 is 2.87 bits per heavy atom. The molecule has 0 aliphatic heterocycles. The fourth-order valence-corrected chi connectivity index (χ4v) is 2.32. The van der Waals surface area contributed by atoms with Crippen LogP contribution in [-0.4, -0.2) is 12.3 Å². The molecule has 0 aromatic heterocycles. The van der Waals surface area contributed by atoms with Gasteiger partial charge in [-0.2, -0.15) is 0 Å². The van der Waals surface area contributed by atoms with Gasteiger partial charge in [-0.05, 0) is 36.8 Å². The second-order valence-corrected chi connectivity index (χ2v) is 3.94. The summed E-state index contributed by atoms with van der Waals surface area (Å²) < 4.78 is 5.45. The average Bonchev–Trinajstić information content (AvgIpc) is 2.29. The summed E-state index contributed by atoms with van der Waals surface area (Å²) in [5.74, 6) is 0.953. The predicted molar refractivity (Wildman–Crippen MR) is 58.3 cm³/mol. The van der Waals surface area contributed by atoms with Crippen LogP contribution in [0.15, 0.2) is 12.1 Å². The lowest BCUT2D eigenvalue weighted by Crippen LogP contribution is -2.11. The molecule has 0 bridgehead atoms. The molecule has 3 heteroatoms. The summed E-state index contributed by atoms with van der Waals surface area (Å²) >= 11 is 0. The van der Waals surface area contributed by atoms with Crippen LogP contribution in [0.2, 0.25) is 0 Å². The number of benzene rings is 1. The van der Waals surface area contributed by atoms with E-state index in [4.69, 9.17) is 9.94 Å². The number of hydrogen-bond donors (Lipinski definition) is 2. The van der Waals surface area contributed by atoms with Gasteiger partial charge in [0.15, 0.2) is 0 Å². The molecule has 82 valence electrons. The van der Waals surface area contributed by atoms with E-state index in [0.29, 0.717) is 6.54 Å². The van der Waals surface area contributed by atoms with Crippen molar-refractivity contribution in [1.82, 2.24) is 5.48 Å². The number of hydroxylamine groups is 1. The minimum Gasteiger partial charge on any atom is -0.496 e. The van der Waals surface area contributed by atoms with Crippen LogP contribution >= 0.6 is 0 Å². The van der Waals surface area contributed by atoms with Gasteiger partial charge in [0, 0.05) is 12.1 Å². The summed E-state index contributed by atoms with van der Waals surface area (Å²) in [5.41, 5.74) is 5.95. The monoisotopic (exact) mass is 207 g/mol. The highest BCUT2D eigenvalue weighted by Gasteiger charge is 2.16. The first kappa shape index (κ1) is 10.5. The van der Waals surface area contributed by atoms with E-state index < -0.39 is 0 Å². The lowest BCUT2D eigenvalue weighted by atomic mass is 9.89. The van der Waals surface area contributed by atoms with E-state index in [1.807, 2.05) is 6.07 Å². The van der Waals surface area contributed by atoms with Crippen molar-refractivity contribution in [3.8, 4) is 5.75 Å². The van der Waals surface area contributed by atoms with E-state index in [1.165, 1.54) is 24.0 Å². The molecule has 1 aliphatic carbocycles. The van der Waals surface area contributed by atoms with Crippen molar-refractivity contribution < 1.29 is 9.94 Å². The van der Waals surface area contributed by atoms with Gasteiger partial charge in [0.1, 0.15) is 5.75 Å². The van der Waals surface area contributed by atoms with Crippen molar-refractivity contribution in [3.63, 3.8) is 0 Å². The SMILES string of the molecule is COc1c(CNO)ccc2c1CCCC2. The van der Waals surface area contributed by atoms with E-state index in [1.54, 1.807) is 7.11 Å². The third-order valence-corrected chi connectivity index (χ3v) is 3.04. The number of fused-ring (bicyclic) bond motifs is 1. The fraction of sp³-hybridized carbons (Fsp3) is 0.500. The smallest absolute Gasteiger partial charge is 0.126 e. The Hall–Kier alpha value is -1.06. The number of hydrogen-bond acceptors (Lipinski definition) is 3. The summed E-state index contributed by atoms with van der Waals surface area (Å²) in [6.45, 7) is 0.441. The molecular weight excluding hydrogens is 190 g/mol. The molecule has 15 heavy (non-hydrogen) atoms. The molecule has 3 nitrogen and oxygen atoms in total. The Morgan fingerprint density at radius 2 is 2.13 bits per heavy atom. The Morgan fingerprint density at radius 1 is 1.33 bits per heavy atom. The van der Waals surface area contributed by atoms with E-state index in [-0.39, 0.29) is 0 Å². The van der Waals surface area contributed by atoms with Crippen LogP contribution in [0.4, 0.5) is 0 Å². The van der Waals surface area contributed by atoms with Crippen molar-refractivity contribution >= 4 is 0 Å². The summed E-state index contributed by atoms with van der Waals surface area (Å²) in [7, 11) is 1.70. The van der Waals surface area contributed by atoms with Gasteiger partial charge in [-0.25, -0.2) is 5.48 Å². The standard InChI is InChI=1S/C12H17NO2/c1-15-12-10(8-13-14)7-6-9-4-2-3-5-11(9)12/h6-7,13-14H,2-5,8H2,1H3. The van der Waals surface area contributed by atoms with Crippen molar-refractivity contribution in [3.05, 3.63) is 28.8 Å². The summed E-state index contributed by atoms with van der Waals surface area (Å²) in [6.07, 6.45) is 4.75. The summed E-state index contributed by atoms with van der Waals surface area (Å²) in [5, 5.41) is 8.74. The Balaban J connectivity index is 2.42. The number of ether oxygens (including phenoxy) is 1. The highest BCUT2D eigenvalue weighted by atomic mass is 16.5. The lowest BCUT2D eigenvalue weighted by molar-refractivity contribution is 0.160. The molecule has 2 rings (SSSR count). The molecule has 0 saturated heterocycles. The van der Waals surface area contributed by atoms with Crippen molar-refractivity contribution in [2.45, 2.75) is 32.2 Å². The normalized spacial score (nSPS) is 14.8. The largest absolute Gasteiger partial charge is 0.496 e. The maximum absolute atomic E-state index is 8.74. The van der Waals surface area contributed by atoms with E-state index in [0.717, 1.165) is 24.2 Å². The third kappa shape index (κ3) is 1.98. The Labute approximate surface area is 90.0 Å². The summed E-state index contributed by atoms with van der Waals surface area (Å²) in [6, 6.07) is 4.19. The fourth-order valence-electron chi connectivity index (χ4n) is 2.32. The molecule has 0 atom stereocenters. The van der Waals surface area contributed by atoms with Crippen LogP contribution in [0, 0.1) is 0 Å². The molecular formula is C12H17NO2. The predicted octanol–water partition coefficient (Wildman–Crippen LogP) is 2.05. The zero-order valence-corrected chi connectivity index (χ0v) is 9.05. The molecule has 1 aromatic rings. The average molecular weight is 207 g/mol. The number of rotatable bonds is 3. The highest BCUT2D eigenvalue weighted by Crippen LogP contribution is 2.32. The first-order valence-corrected chi connectivity index (χ1v) is 5.41. The molecule has 1 aromatic carbocycles. The van der Waals surface area contributed by atoms with Gasteiger partial charge in [0.05, 0.1) is 7.11 Å². The number of methoxy groups -OCH3 is 1. The van der Waals surface area contributed by atoms with Crippen molar-refractivity contribution in [2.75, 3.05) is 7.11 Å². The van der Waals surface area contributed by atoms with Crippen LogP contribution in [0.1, 0.15) is 29.5 Å². The van der Waals surface area contributed by atoms with Crippen molar-refractivity contribution in [1.29, 1.82) is 0 Å². The van der Waals surface area contributed by atoms with Gasteiger partial charge in [-0.1, -0.05) is 12.1 Å². The van der Waals surface area contributed by atoms with E-state index >= 15 is 0 Å². The maximum atomic E-state index is 8.74. The zero-order chi connectivity index (χ0) is 10.7. The minimum absolute atomic E-state index is 0.441. The van der Waals surface area contributed by atoms with Crippen LogP contribution in [0.25, 0.3) is 0 Å². The quantitative estimate of drug-likeness (QED) is 0.745. The number of nitrogens with one attached hydrogen (secondary N) is 1. The van der Waals surface area contributed by atoms with Gasteiger partial charge < -0.3 is 9.94 Å². The molecule has 0 saturated carbocycles. The first-order valence-electron chi connectivity index (χ1n) is 5.41. The molecule has 1 aliphatic rings. The van der Waals surface area contributed by atoms with Gasteiger partial charge >= 0.3 is 0 Å². The maximum Gasteiger partial charge on any atom is 0.126 e. The lowest BCUT2D eigenvalue weighted by Gasteiger charge is -2.20. The first-order chi connectivity index (χ1) is 7.36. The van der Waals surface area contributed by atoms with E-state index in [2.05, 4.69) is 11.5 Å². The van der Waals surface area contributed by atoms with Crippen LogP contribution in [-0.2, 0) is 19.4 Å². The molecule has 0 fully saturated rings. The Bertz CT molecular complexity index is 350. The number of aryl methyl sites for hydroxylation is 1. The molecule has 0 heterocycles. The van der Waals surface area contributed by atoms with Crippen LogP contribution in [0.5, 0.6) is 5.75 Å². The Kier molecular flexibility index (Phi) is 3.23. The van der Waals surface area contributed by atoms with E-state index in [9.17, 15) is 0 Å². The van der Waals surface area contributed by atoms with Gasteiger partial charge in [-0.3, -0.25) is 0 Å². The van der Waals surface area contributed by atoms with Crippen LogP contribution in [0.3, 0.4) is 0 Å². The third-order valence-electron chi connectivity index (χ3n) is 3.04. The molecule has 0 unspecified atom stereocenters. The second-order valence-electron chi connectivity index (χ2n) is 3.94. The van der Waals surface area contributed by atoms with Crippen molar-refractivity contribution in [2.24, 2.45) is 0 Å². The molecule has 0 amide bonds. The van der Waals surface area contributed by atoms with Crippen LogP contribution < -0.4 is 10.2 Å². The summed E-state index contributed by atoms with van der Waals surface area (Å²) in [4.78, 5) is 0. The molecule has 0 spiro atoms.